The van der Waals surface area contributed by atoms with Gasteiger partial charge in [0.05, 0.1) is 6.04 Å². The number of urea groups is 1. The quantitative estimate of drug-likeness (QED) is 0.839. The zero-order valence-corrected chi connectivity index (χ0v) is 10.4. The summed E-state index contributed by atoms with van der Waals surface area (Å²) < 4.78 is 0. The molecule has 1 aromatic rings. The Morgan fingerprint density at radius 1 is 1.75 bits per heavy atom. The van der Waals surface area contributed by atoms with E-state index >= 15 is 0 Å². The van der Waals surface area contributed by atoms with Crippen LogP contribution >= 0.6 is 11.3 Å². The van der Waals surface area contributed by atoms with Crippen LogP contribution in [-0.2, 0) is 0 Å². The molecule has 0 spiro atoms. The second-order valence-corrected chi connectivity index (χ2v) is 5.30. The lowest BCUT2D eigenvalue weighted by Crippen LogP contribution is -2.37. The lowest BCUT2D eigenvalue weighted by atomic mass is 10.2. The maximum absolute atomic E-state index is 11.7. The molecule has 3 N–H and O–H groups in total. The van der Waals surface area contributed by atoms with Crippen LogP contribution in [0.15, 0.2) is 11.4 Å². The van der Waals surface area contributed by atoms with E-state index < -0.39 is 0 Å². The highest BCUT2D eigenvalue weighted by Crippen LogP contribution is 2.27. The van der Waals surface area contributed by atoms with Crippen LogP contribution in [0.1, 0.15) is 23.4 Å². The lowest BCUT2D eigenvalue weighted by molar-refractivity contribution is 0.215. The van der Waals surface area contributed by atoms with Gasteiger partial charge < -0.3 is 16.0 Å². The van der Waals surface area contributed by atoms with Gasteiger partial charge in [-0.2, -0.15) is 0 Å². The molecule has 16 heavy (non-hydrogen) atoms. The molecule has 1 aliphatic rings. The third kappa shape index (κ3) is 2.20. The molecule has 2 unspecified atom stereocenters. The summed E-state index contributed by atoms with van der Waals surface area (Å²) >= 11 is 1.70. The molecular formula is C11H17N3OS. The zero-order valence-electron chi connectivity index (χ0n) is 9.56. The van der Waals surface area contributed by atoms with Crippen LogP contribution in [0, 0.1) is 6.92 Å². The molecule has 0 bridgehead atoms. The Labute approximate surface area is 99.4 Å². The Kier molecular flexibility index (Phi) is 3.16. The minimum absolute atomic E-state index is 0.00454. The molecule has 2 atom stereocenters. The Morgan fingerprint density at radius 2 is 2.50 bits per heavy atom. The van der Waals surface area contributed by atoms with E-state index in [4.69, 9.17) is 5.73 Å². The number of amides is 2. The minimum atomic E-state index is -0.00454. The molecular weight excluding hydrogens is 222 g/mol. The summed E-state index contributed by atoms with van der Waals surface area (Å²) in [7, 11) is 0. The fraction of sp³-hybridized carbons (Fsp3) is 0.545. The molecule has 88 valence electrons. The number of carbonyl (C=O) groups excluding carboxylic acids is 1. The van der Waals surface area contributed by atoms with E-state index in [2.05, 4.69) is 23.7 Å². The molecule has 1 aliphatic heterocycles. The Bertz CT molecular complexity index is 388. The van der Waals surface area contributed by atoms with Gasteiger partial charge in [-0.3, -0.25) is 0 Å². The molecule has 0 aliphatic carbocycles. The highest BCUT2D eigenvalue weighted by atomic mass is 32.1. The molecule has 2 heterocycles. The number of hydrogen-bond donors (Lipinski definition) is 2. The molecule has 2 amide bonds. The van der Waals surface area contributed by atoms with E-state index in [1.54, 1.807) is 16.2 Å². The van der Waals surface area contributed by atoms with Crippen molar-refractivity contribution in [1.82, 2.24) is 10.2 Å². The molecule has 0 saturated carbocycles. The van der Waals surface area contributed by atoms with Crippen LogP contribution in [0.2, 0.25) is 0 Å². The average molecular weight is 239 g/mol. The first-order valence-electron chi connectivity index (χ1n) is 5.43. The molecule has 0 aromatic carbocycles. The number of thiophene rings is 1. The summed E-state index contributed by atoms with van der Waals surface area (Å²) in [6.45, 7) is 5.33. The third-order valence-electron chi connectivity index (χ3n) is 2.71. The molecule has 5 heteroatoms. The predicted octanol–water partition coefficient (Wildman–Crippen LogP) is 1.47. The number of nitrogens with two attached hydrogens (primary N) is 1. The topological polar surface area (TPSA) is 58.4 Å². The van der Waals surface area contributed by atoms with Gasteiger partial charge in [0, 0.05) is 24.0 Å². The van der Waals surface area contributed by atoms with Crippen LogP contribution in [0.5, 0.6) is 0 Å². The molecule has 1 saturated heterocycles. The van der Waals surface area contributed by atoms with Gasteiger partial charge in [-0.1, -0.05) is 0 Å². The van der Waals surface area contributed by atoms with Crippen molar-refractivity contribution in [2.75, 3.05) is 13.1 Å². The van der Waals surface area contributed by atoms with Gasteiger partial charge >= 0.3 is 6.03 Å². The van der Waals surface area contributed by atoms with Gasteiger partial charge in [0.25, 0.3) is 0 Å². The van der Waals surface area contributed by atoms with Crippen LogP contribution in [0.4, 0.5) is 4.79 Å². The van der Waals surface area contributed by atoms with Gasteiger partial charge in [0.15, 0.2) is 0 Å². The second-order valence-electron chi connectivity index (χ2n) is 4.35. The SMILES string of the molecule is Cc1ccsc1C1CN(CC(C)N)C(=O)N1. The summed E-state index contributed by atoms with van der Waals surface area (Å²) in [5.41, 5.74) is 6.96. The van der Waals surface area contributed by atoms with Crippen molar-refractivity contribution in [3.63, 3.8) is 0 Å². The predicted molar refractivity (Wildman–Crippen MR) is 65.6 cm³/mol. The summed E-state index contributed by atoms with van der Waals surface area (Å²) in [6.07, 6.45) is 0. The number of hydrogen-bond acceptors (Lipinski definition) is 3. The van der Waals surface area contributed by atoms with Gasteiger partial charge in [-0.15, -0.1) is 11.3 Å². The molecule has 4 nitrogen and oxygen atoms in total. The van der Waals surface area contributed by atoms with Crippen LogP contribution in [-0.4, -0.2) is 30.1 Å². The van der Waals surface area contributed by atoms with Crippen LogP contribution in [0.25, 0.3) is 0 Å². The van der Waals surface area contributed by atoms with Crippen molar-refractivity contribution in [2.24, 2.45) is 5.73 Å². The number of nitrogens with zero attached hydrogens (tertiary/aromatic N) is 1. The Morgan fingerprint density at radius 3 is 3.06 bits per heavy atom. The van der Waals surface area contributed by atoms with Crippen molar-refractivity contribution in [3.05, 3.63) is 21.9 Å². The van der Waals surface area contributed by atoms with Crippen LogP contribution in [0.3, 0.4) is 0 Å². The lowest BCUT2D eigenvalue weighted by Gasteiger charge is -2.16. The highest BCUT2D eigenvalue weighted by Gasteiger charge is 2.31. The maximum atomic E-state index is 11.7. The minimum Gasteiger partial charge on any atom is -0.329 e. The van der Waals surface area contributed by atoms with E-state index in [1.807, 2.05) is 6.92 Å². The van der Waals surface area contributed by atoms with Crippen molar-refractivity contribution < 1.29 is 4.79 Å². The van der Waals surface area contributed by atoms with Crippen molar-refractivity contribution in [1.29, 1.82) is 0 Å². The largest absolute Gasteiger partial charge is 0.329 e. The van der Waals surface area contributed by atoms with Crippen molar-refractivity contribution in [3.8, 4) is 0 Å². The molecule has 2 rings (SSSR count). The van der Waals surface area contributed by atoms with Gasteiger partial charge in [-0.25, -0.2) is 4.79 Å². The van der Waals surface area contributed by atoms with Gasteiger partial charge in [0.1, 0.15) is 0 Å². The summed E-state index contributed by atoms with van der Waals surface area (Å²) in [4.78, 5) is 14.7. The fourth-order valence-corrected chi connectivity index (χ4v) is 2.95. The second kappa shape index (κ2) is 4.43. The smallest absolute Gasteiger partial charge is 0.318 e. The Balaban J connectivity index is 2.07. The Hall–Kier alpha value is -1.07. The first kappa shape index (κ1) is 11.4. The van der Waals surface area contributed by atoms with E-state index in [0.29, 0.717) is 6.54 Å². The summed E-state index contributed by atoms with van der Waals surface area (Å²) in [5, 5.41) is 5.05. The number of carbonyl (C=O) groups is 1. The third-order valence-corrected chi connectivity index (χ3v) is 3.85. The molecule has 0 radical (unpaired) electrons. The van der Waals surface area contributed by atoms with E-state index in [0.717, 1.165) is 6.54 Å². The molecule has 1 aromatic heterocycles. The first-order chi connectivity index (χ1) is 7.58. The van der Waals surface area contributed by atoms with Crippen molar-refractivity contribution >= 4 is 17.4 Å². The number of nitrogens with one attached hydrogen (secondary N) is 1. The first-order valence-corrected chi connectivity index (χ1v) is 6.31. The fourth-order valence-electron chi connectivity index (χ4n) is 1.98. The van der Waals surface area contributed by atoms with Crippen LogP contribution < -0.4 is 11.1 Å². The zero-order chi connectivity index (χ0) is 11.7. The summed E-state index contributed by atoms with van der Waals surface area (Å²) in [6, 6.07) is 2.23. The maximum Gasteiger partial charge on any atom is 0.318 e. The monoisotopic (exact) mass is 239 g/mol. The standard InChI is InChI=1S/C11H17N3OS/c1-7-3-4-16-10(7)9-6-14(5-8(2)12)11(15)13-9/h3-4,8-9H,5-6,12H2,1-2H3,(H,13,15). The molecule has 1 fully saturated rings. The number of aryl methyl sites for hydroxylation is 1. The average Bonchev–Trinajstić information content (AvgIpc) is 2.73. The number of rotatable bonds is 3. The van der Waals surface area contributed by atoms with E-state index in [9.17, 15) is 4.79 Å². The normalized spacial score (nSPS) is 22.3. The summed E-state index contributed by atoms with van der Waals surface area (Å²) in [5.74, 6) is 0. The van der Waals surface area contributed by atoms with Gasteiger partial charge in [0.2, 0.25) is 0 Å². The van der Waals surface area contributed by atoms with Crippen molar-refractivity contribution in [2.45, 2.75) is 25.9 Å². The highest BCUT2D eigenvalue weighted by molar-refractivity contribution is 7.10. The van der Waals surface area contributed by atoms with E-state index in [-0.39, 0.29) is 18.1 Å². The van der Waals surface area contributed by atoms with Gasteiger partial charge in [-0.05, 0) is 30.9 Å². The van der Waals surface area contributed by atoms with E-state index in [1.165, 1.54) is 10.4 Å².